The normalized spacial score (nSPS) is 23.8. The Morgan fingerprint density at radius 1 is 1.24 bits per heavy atom. The highest BCUT2D eigenvalue weighted by molar-refractivity contribution is 5.88. The van der Waals surface area contributed by atoms with E-state index < -0.39 is 0 Å². The van der Waals surface area contributed by atoms with Crippen LogP contribution in [0.3, 0.4) is 0 Å². The zero-order valence-corrected chi connectivity index (χ0v) is 15.1. The van der Waals surface area contributed by atoms with E-state index in [4.69, 9.17) is 0 Å². The molecule has 2 fully saturated rings. The van der Waals surface area contributed by atoms with Crippen LogP contribution >= 0.6 is 0 Å². The molecule has 2 atom stereocenters. The molecule has 0 aromatic carbocycles. The van der Waals surface area contributed by atoms with Crippen LogP contribution in [0.25, 0.3) is 0 Å². The summed E-state index contributed by atoms with van der Waals surface area (Å²) in [5.41, 5.74) is 1.20. The fraction of sp³-hybridized carbons (Fsp3) is 0.650. The van der Waals surface area contributed by atoms with E-state index >= 15 is 0 Å². The second-order valence-corrected chi connectivity index (χ2v) is 7.37. The molecule has 2 amide bonds. The van der Waals surface area contributed by atoms with Gasteiger partial charge in [0.15, 0.2) is 0 Å². The Hall–Kier alpha value is -1.91. The molecule has 1 aliphatic carbocycles. The first-order valence-corrected chi connectivity index (χ1v) is 9.67. The molecule has 1 aliphatic heterocycles. The minimum Gasteiger partial charge on any atom is -0.356 e. The van der Waals surface area contributed by atoms with Crippen LogP contribution in [0.4, 0.5) is 0 Å². The summed E-state index contributed by atoms with van der Waals surface area (Å²) in [7, 11) is 0. The summed E-state index contributed by atoms with van der Waals surface area (Å²) in [6, 6.07) is 4.02. The first kappa shape index (κ1) is 17.9. The van der Waals surface area contributed by atoms with E-state index in [9.17, 15) is 9.59 Å². The predicted octanol–water partition coefficient (Wildman–Crippen LogP) is 2.73. The van der Waals surface area contributed by atoms with E-state index in [-0.39, 0.29) is 23.7 Å². The Bertz CT molecular complexity index is 584. The lowest BCUT2D eigenvalue weighted by Gasteiger charge is -2.43. The number of nitrogens with zero attached hydrogens (tertiary/aromatic N) is 2. The Morgan fingerprint density at radius 3 is 2.68 bits per heavy atom. The standard InChI is InChI=1S/C20H29N3O2/c1-2-3-11-22-19(24)17-8-4-5-9-18(17)20(25)23-13-16(14-23)15-7-6-10-21-12-15/h6-7,10,12,16-18H,2-5,8-9,11,13-14H2,1H3,(H,22,24)/t17-,18+/m1/s1. The summed E-state index contributed by atoms with van der Waals surface area (Å²) in [6.45, 7) is 4.34. The highest BCUT2D eigenvalue weighted by Gasteiger charge is 2.41. The van der Waals surface area contributed by atoms with E-state index in [1.165, 1.54) is 5.56 Å². The number of carbonyl (C=O) groups is 2. The van der Waals surface area contributed by atoms with Crippen molar-refractivity contribution >= 4 is 11.8 Å². The van der Waals surface area contributed by atoms with Crippen LogP contribution in [0.1, 0.15) is 56.9 Å². The summed E-state index contributed by atoms with van der Waals surface area (Å²) < 4.78 is 0. The number of nitrogens with one attached hydrogen (secondary N) is 1. The third-order valence-electron chi connectivity index (χ3n) is 5.60. The molecule has 0 spiro atoms. The number of aromatic nitrogens is 1. The maximum Gasteiger partial charge on any atom is 0.226 e. The molecule has 0 radical (unpaired) electrons. The SMILES string of the molecule is CCCCNC(=O)[C@@H]1CCCC[C@@H]1C(=O)N1CC(c2cccnc2)C1. The Balaban J connectivity index is 1.55. The topological polar surface area (TPSA) is 62.3 Å². The van der Waals surface area contributed by atoms with Gasteiger partial charge in [-0.2, -0.15) is 0 Å². The predicted molar refractivity (Wildman–Crippen MR) is 96.9 cm³/mol. The molecule has 2 heterocycles. The number of hydrogen-bond acceptors (Lipinski definition) is 3. The zero-order valence-electron chi connectivity index (χ0n) is 15.1. The average Bonchev–Trinajstić information content (AvgIpc) is 2.61. The minimum atomic E-state index is -0.143. The number of rotatable bonds is 6. The van der Waals surface area contributed by atoms with Crippen LogP contribution in [-0.2, 0) is 9.59 Å². The van der Waals surface area contributed by atoms with Gasteiger partial charge in [-0.3, -0.25) is 14.6 Å². The van der Waals surface area contributed by atoms with Crippen molar-refractivity contribution in [1.82, 2.24) is 15.2 Å². The van der Waals surface area contributed by atoms with Gasteiger partial charge in [0, 0.05) is 49.8 Å². The summed E-state index contributed by atoms with van der Waals surface area (Å²) in [5.74, 6) is 0.366. The van der Waals surface area contributed by atoms with Gasteiger partial charge in [0.25, 0.3) is 0 Å². The van der Waals surface area contributed by atoms with E-state index in [2.05, 4.69) is 23.3 Å². The Kier molecular flexibility index (Phi) is 6.05. The van der Waals surface area contributed by atoms with Crippen LogP contribution in [0.5, 0.6) is 0 Å². The van der Waals surface area contributed by atoms with Crippen molar-refractivity contribution in [3.63, 3.8) is 0 Å². The number of amides is 2. The maximum absolute atomic E-state index is 12.9. The van der Waals surface area contributed by atoms with Gasteiger partial charge in [-0.15, -0.1) is 0 Å². The smallest absolute Gasteiger partial charge is 0.226 e. The summed E-state index contributed by atoms with van der Waals surface area (Å²) in [6.07, 6.45) is 9.51. The van der Waals surface area contributed by atoms with Crippen molar-refractivity contribution in [1.29, 1.82) is 0 Å². The van der Waals surface area contributed by atoms with Gasteiger partial charge in [-0.1, -0.05) is 32.3 Å². The number of pyridine rings is 1. The van der Waals surface area contributed by atoms with E-state index in [0.29, 0.717) is 5.92 Å². The monoisotopic (exact) mass is 343 g/mol. The van der Waals surface area contributed by atoms with Gasteiger partial charge >= 0.3 is 0 Å². The second-order valence-electron chi connectivity index (χ2n) is 7.37. The molecule has 136 valence electrons. The lowest BCUT2D eigenvalue weighted by molar-refractivity contribution is -0.147. The van der Waals surface area contributed by atoms with Gasteiger partial charge in [-0.25, -0.2) is 0 Å². The number of carbonyl (C=O) groups excluding carboxylic acids is 2. The molecule has 5 heteroatoms. The number of likely N-dealkylation sites (tertiary alicyclic amines) is 1. The molecule has 1 saturated heterocycles. The molecule has 0 unspecified atom stereocenters. The highest BCUT2D eigenvalue weighted by atomic mass is 16.2. The average molecular weight is 343 g/mol. The van der Waals surface area contributed by atoms with Crippen molar-refractivity contribution in [2.24, 2.45) is 11.8 Å². The quantitative estimate of drug-likeness (QED) is 0.808. The highest BCUT2D eigenvalue weighted by Crippen LogP contribution is 2.35. The molecule has 2 aliphatic rings. The van der Waals surface area contributed by atoms with Crippen LogP contribution in [0, 0.1) is 11.8 Å². The molecule has 1 N–H and O–H groups in total. The summed E-state index contributed by atoms with van der Waals surface area (Å²) in [5, 5.41) is 3.03. The molecular formula is C20H29N3O2. The van der Waals surface area contributed by atoms with Crippen LogP contribution in [0.2, 0.25) is 0 Å². The summed E-state index contributed by atoms with van der Waals surface area (Å²) in [4.78, 5) is 31.5. The number of unbranched alkanes of at least 4 members (excludes halogenated alkanes) is 1. The first-order chi connectivity index (χ1) is 12.2. The molecule has 25 heavy (non-hydrogen) atoms. The summed E-state index contributed by atoms with van der Waals surface area (Å²) >= 11 is 0. The van der Waals surface area contributed by atoms with E-state index in [1.807, 2.05) is 17.2 Å². The minimum absolute atomic E-state index is 0.0795. The van der Waals surface area contributed by atoms with Crippen LogP contribution in [-0.4, -0.2) is 41.3 Å². The van der Waals surface area contributed by atoms with Gasteiger partial charge in [0.2, 0.25) is 11.8 Å². The van der Waals surface area contributed by atoms with Crippen LogP contribution < -0.4 is 5.32 Å². The van der Waals surface area contributed by atoms with E-state index in [0.717, 1.165) is 58.2 Å². The zero-order chi connectivity index (χ0) is 17.6. The van der Waals surface area contributed by atoms with Gasteiger partial charge in [0.05, 0.1) is 0 Å². The van der Waals surface area contributed by atoms with Crippen LogP contribution in [0.15, 0.2) is 24.5 Å². The lowest BCUT2D eigenvalue weighted by atomic mass is 9.77. The molecule has 1 aromatic heterocycles. The van der Waals surface area contributed by atoms with Crippen molar-refractivity contribution in [2.45, 2.75) is 51.4 Å². The third kappa shape index (κ3) is 4.20. The van der Waals surface area contributed by atoms with Gasteiger partial charge in [0.1, 0.15) is 0 Å². The van der Waals surface area contributed by atoms with E-state index in [1.54, 1.807) is 6.20 Å². The van der Waals surface area contributed by atoms with Gasteiger partial charge < -0.3 is 10.2 Å². The maximum atomic E-state index is 12.9. The van der Waals surface area contributed by atoms with Crippen molar-refractivity contribution in [3.05, 3.63) is 30.1 Å². The first-order valence-electron chi connectivity index (χ1n) is 9.67. The van der Waals surface area contributed by atoms with Crippen molar-refractivity contribution < 1.29 is 9.59 Å². The molecule has 0 bridgehead atoms. The molecule has 5 nitrogen and oxygen atoms in total. The fourth-order valence-electron chi connectivity index (χ4n) is 3.98. The Labute approximate surface area is 150 Å². The molecule has 3 rings (SSSR count). The molecular weight excluding hydrogens is 314 g/mol. The van der Waals surface area contributed by atoms with Gasteiger partial charge in [-0.05, 0) is 30.9 Å². The number of hydrogen-bond donors (Lipinski definition) is 1. The lowest BCUT2D eigenvalue weighted by Crippen LogP contribution is -2.53. The Morgan fingerprint density at radius 2 is 2.00 bits per heavy atom. The molecule has 1 saturated carbocycles. The van der Waals surface area contributed by atoms with Crippen molar-refractivity contribution in [3.8, 4) is 0 Å². The van der Waals surface area contributed by atoms with Crippen molar-refractivity contribution in [2.75, 3.05) is 19.6 Å². The third-order valence-corrected chi connectivity index (χ3v) is 5.60. The largest absolute Gasteiger partial charge is 0.356 e. The molecule has 1 aromatic rings. The second kappa shape index (κ2) is 8.45. The fourth-order valence-corrected chi connectivity index (χ4v) is 3.98.